The highest BCUT2D eigenvalue weighted by Crippen LogP contribution is 2.37. The number of amides is 2. The van der Waals surface area contributed by atoms with Gasteiger partial charge in [0.25, 0.3) is 17.5 Å². The molecule has 3 aromatic carbocycles. The number of carboxylic acids is 1. The van der Waals surface area contributed by atoms with E-state index < -0.39 is 28.4 Å². The van der Waals surface area contributed by atoms with Crippen LogP contribution in [0.15, 0.2) is 54.6 Å². The molecule has 0 saturated carbocycles. The molecule has 8 nitrogen and oxygen atoms in total. The van der Waals surface area contributed by atoms with Gasteiger partial charge < -0.3 is 5.11 Å². The Hall–Kier alpha value is -4.07. The molecule has 0 unspecified atom stereocenters. The Morgan fingerprint density at radius 2 is 1.64 bits per heavy atom. The van der Waals surface area contributed by atoms with Crippen molar-refractivity contribution in [3.05, 3.63) is 87.0 Å². The van der Waals surface area contributed by atoms with E-state index in [-0.39, 0.29) is 23.2 Å². The lowest BCUT2D eigenvalue weighted by Gasteiger charge is -2.13. The summed E-state index contributed by atoms with van der Waals surface area (Å²) in [7, 11) is 0. The molecule has 0 atom stereocenters. The Morgan fingerprint density at radius 3 is 2.29 bits per heavy atom. The van der Waals surface area contributed by atoms with Crippen molar-refractivity contribution in [3.8, 4) is 0 Å². The number of imide groups is 1. The minimum Gasteiger partial charge on any atom is -0.478 e. The number of carboxylic acid groups (broad SMARTS) is 1. The van der Waals surface area contributed by atoms with Crippen molar-refractivity contribution in [3.63, 3.8) is 0 Å². The molecule has 28 heavy (non-hydrogen) atoms. The van der Waals surface area contributed by atoms with Crippen LogP contribution >= 0.6 is 0 Å². The Kier molecular flexibility index (Phi) is 3.89. The topological polar surface area (TPSA) is 118 Å². The number of carbonyl (C=O) groups excluding carboxylic acids is 2. The third-order valence-corrected chi connectivity index (χ3v) is 4.68. The summed E-state index contributed by atoms with van der Waals surface area (Å²) in [5.41, 5.74) is 0.0165. The Morgan fingerprint density at radius 1 is 1.00 bits per heavy atom. The van der Waals surface area contributed by atoms with Gasteiger partial charge in [-0.2, -0.15) is 0 Å². The molecule has 8 heteroatoms. The molecule has 0 bridgehead atoms. The number of benzene rings is 3. The number of hydrogen-bond donors (Lipinski definition) is 1. The fraction of sp³-hybridized carbons (Fsp3) is 0.0500. The van der Waals surface area contributed by atoms with Crippen LogP contribution in [-0.2, 0) is 6.54 Å². The monoisotopic (exact) mass is 376 g/mol. The molecule has 1 heterocycles. The normalized spacial score (nSPS) is 13.1. The Balaban J connectivity index is 1.80. The van der Waals surface area contributed by atoms with Crippen LogP contribution in [0.25, 0.3) is 10.8 Å². The molecule has 1 aliphatic heterocycles. The van der Waals surface area contributed by atoms with Gasteiger partial charge in [-0.3, -0.25) is 24.6 Å². The van der Waals surface area contributed by atoms with Crippen LogP contribution in [0.3, 0.4) is 0 Å². The van der Waals surface area contributed by atoms with E-state index in [9.17, 15) is 24.5 Å². The van der Waals surface area contributed by atoms with Gasteiger partial charge in [-0.1, -0.05) is 36.4 Å². The molecule has 0 aliphatic carbocycles. The number of aromatic carboxylic acids is 1. The molecule has 0 spiro atoms. The van der Waals surface area contributed by atoms with E-state index in [0.717, 1.165) is 4.90 Å². The number of rotatable bonds is 4. The number of nitro groups is 1. The predicted octanol–water partition coefficient (Wildman–Crippen LogP) is 3.24. The van der Waals surface area contributed by atoms with Gasteiger partial charge in [0, 0.05) is 6.07 Å². The molecular weight excluding hydrogens is 364 g/mol. The van der Waals surface area contributed by atoms with E-state index >= 15 is 0 Å². The molecule has 0 aromatic heterocycles. The molecule has 1 aliphatic rings. The van der Waals surface area contributed by atoms with E-state index in [2.05, 4.69) is 0 Å². The largest absolute Gasteiger partial charge is 0.478 e. The zero-order valence-electron chi connectivity index (χ0n) is 14.3. The second-order valence-electron chi connectivity index (χ2n) is 6.32. The molecular formula is C20H12N2O6. The zero-order valence-corrected chi connectivity index (χ0v) is 14.3. The van der Waals surface area contributed by atoms with Crippen LogP contribution in [0.5, 0.6) is 0 Å². The molecule has 2 amide bonds. The number of hydrogen-bond acceptors (Lipinski definition) is 5. The van der Waals surface area contributed by atoms with Crippen molar-refractivity contribution in [1.82, 2.24) is 4.90 Å². The average molecular weight is 376 g/mol. The number of fused-ring (bicyclic) bond motifs is 3. The lowest BCUT2D eigenvalue weighted by atomic mass is 9.99. The van der Waals surface area contributed by atoms with Gasteiger partial charge in [-0.15, -0.1) is 0 Å². The molecule has 0 fully saturated rings. The van der Waals surface area contributed by atoms with E-state index in [0.29, 0.717) is 16.3 Å². The summed E-state index contributed by atoms with van der Waals surface area (Å²) in [6, 6.07) is 13.7. The van der Waals surface area contributed by atoms with E-state index in [1.807, 2.05) is 0 Å². The summed E-state index contributed by atoms with van der Waals surface area (Å²) in [5, 5.41) is 21.4. The Bertz CT molecular complexity index is 1180. The maximum absolute atomic E-state index is 13.0. The first kappa shape index (κ1) is 17.3. The first-order chi connectivity index (χ1) is 13.4. The minimum atomic E-state index is -1.09. The molecule has 0 radical (unpaired) electrons. The number of carbonyl (C=O) groups is 3. The minimum absolute atomic E-state index is 0.0250. The SMILES string of the molecule is O=C(O)c1ccc(CN2C(=O)c3c([N+](=O)[O-])cc4ccccc4c3C2=O)cc1. The van der Waals surface area contributed by atoms with Gasteiger partial charge in [0.15, 0.2) is 0 Å². The highest BCUT2D eigenvalue weighted by molar-refractivity contribution is 6.28. The lowest BCUT2D eigenvalue weighted by molar-refractivity contribution is -0.385. The van der Waals surface area contributed by atoms with Crippen LogP contribution in [0, 0.1) is 10.1 Å². The van der Waals surface area contributed by atoms with Crippen molar-refractivity contribution in [2.24, 2.45) is 0 Å². The fourth-order valence-corrected chi connectivity index (χ4v) is 3.36. The maximum atomic E-state index is 13.0. The van der Waals surface area contributed by atoms with Gasteiger partial charge >= 0.3 is 5.97 Å². The van der Waals surface area contributed by atoms with Gasteiger partial charge in [0.05, 0.1) is 22.6 Å². The first-order valence-corrected chi connectivity index (χ1v) is 8.27. The van der Waals surface area contributed by atoms with Crippen molar-refractivity contribution in [2.75, 3.05) is 0 Å². The van der Waals surface area contributed by atoms with Gasteiger partial charge in [0.2, 0.25) is 0 Å². The summed E-state index contributed by atoms with van der Waals surface area (Å²) < 4.78 is 0. The molecule has 0 saturated heterocycles. The second-order valence-corrected chi connectivity index (χ2v) is 6.32. The van der Waals surface area contributed by atoms with Gasteiger partial charge in [-0.25, -0.2) is 4.79 Å². The van der Waals surface area contributed by atoms with E-state index in [1.165, 1.54) is 30.3 Å². The van der Waals surface area contributed by atoms with Crippen molar-refractivity contribution in [1.29, 1.82) is 0 Å². The molecule has 4 rings (SSSR count). The third kappa shape index (κ3) is 2.59. The van der Waals surface area contributed by atoms with E-state index in [4.69, 9.17) is 5.11 Å². The number of nitrogens with zero attached hydrogens (tertiary/aromatic N) is 2. The van der Waals surface area contributed by atoms with Gasteiger partial charge in [0.1, 0.15) is 5.56 Å². The van der Waals surface area contributed by atoms with Crippen molar-refractivity contribution < 1.29 is 24.4 Å². The van der Waals surface area contributed by atoms with Crippen LogP contribution < -0.4 is 0 Å². The standard InChI is InChI=1S/C20H12N2O6/c23-18-16-14-4-2-1-3-13(14)9-15(22(27)28)17(16)19(24)21(18)10-11-5-7-12(8-6-11)20(25)26/h1-9H,10H2,(H,25,26). The van der Waals surface area contributed by atoms with E-state index in [1.54, 1.807) is 24.3 Å². The van der Waals surface area contributed by atoms with Gasteiger partial charge in [-0.05, 0) is 28.5 Å². The number of nitro benzene ring substituents is 1. The fourth-order valence-electron chi connectivity index (χ4n) is 3.36. The smallest absolute Gasteiger partial charge is 0.335 e. The molecule has 138 valence electrons. The zero-order chi connectivity index (χ0) is 20.0. The molecule has 3 aromatic rings. The summed E-state index contributed by atoms with van der Waals surface area (Å²) in [5.74, 6) is -2.43. The molecule has 1 N–H and O–H groups in total. The van der Waals surface area contributed by atoms with Crippen LogP contribution in [0.1, 0.15) is 36.6 Å². The van der Waals surface area contributed by atoms with Crippen molar-refractivity contribution >= 4 is 34.2 Å². The van der Waals surface area contributed by atoms with Crippen molar-refractivity contribution in [2.45, 2.75) is 6.54 Å². The average Bonchev–Trinajstić information content (AvgIpc) is 2.93. The second kappa shape index (κ2) is 6.27. The highest BCUT2D eigenvalue weighted by atomic mass is 16.6. The Labute approximate surface area is 157 Å². The first-order valence-electron chi connectivity index (χ1n) is 8.27. The quantitative estimate of drug-likeness (QED) is 0.424. The van der Waals surface area contributed by atoms with Crippen LogP contribution in [-0.4, -0.2) is 32.7 Å². The lowest BCUT2D eigenvalue weighted by Crippen LogP contribution is -2.29. The van der Waals surface area contributed by atoms with Crippen LogP contribution in [0.4, 0.5) is 5.69 Å². The summed E-state index contributed by atoms with van der Waals surface area (Å²) in [4.78, 5) is 48.5. The van der Waals surface area contributed by atoms with Crippen LogP contribution in [0.2, 0.25) is 0 Å². The summed E-state index contributed by atoms with van der Waals surface area (Å²) >= 11 is 0. The summed E-state index contributed by atoms with van der Waals surface area (Å²) in [6.07, 6.45) is 0. The maximum Gasteiger partial charge on any atom is 0.335 e. The predicted molar refractivity (Wildman–Crippen MR) is 98.2 cm³/mol. The summed E-state index contributed by atoms with van der Waals surface area (Å²) in [6.45, 7) is -0.113. The highest BCUT2D eigenvalue weighted by Gasteiger charge is 2.42. The third-order valence-electron chi connectivity index (χ3n) is 4.68.